The highest BCUT2D eigenvalue weighted by Gasteiger charge is 2.15. The van der Waals surface area contributed by atoms with E-state index in [4.69, 9.17) is 10.3 Å². The van der Waals surface area contributed by atoms with E-state index in [0.29, 0.717) is 13.0 Å². The normalized spacial score (nSPS) is 17.8. The Morgan fingerprint density at radius 3 is 2.75 bits per heavy atom. The molecule has 1 fully saturated rings. The maximum absolute atomic E-state index is 5.44. The van der Waals surface area contributed by atoms with Crippen LogP contribution >= 0.6 is 0 Å². The summed E-state index contributed by atoms with van der Waals surface area (Å²) in [5.74, 6) is 2.41. The van der Waals surface area contributed by atoms with Crippen molar-refractivity contribution in [2.24, 2.45) is 11.7 Å². The Bertz CT molecular complexity index is 305. The first-order valence-corrected chi connectivity index (χ1v) is 6.40. The highest BCUT2D eigenvalue weighted by Crippen LogP contribution is 2.27. The van der Waals surface area contributed by atoms with E-state index < -0.39 is 0 Å². The van der Waals surface area contributed by atoms with E-state index in [0.717, 1.165) is 24.1 Å². The Kier molecular flexibility index (Phi) is 4.34. The Morgan fingerprint density at radius 2 is 2.00 bits per heavy atom. The summed E-state index contributed by atoms with van der Waals surface area (Å²) in [7, 11) is 0. The van der Waals surface area contributed by atoms with Gasteiger partial charge in [-0.1, -0.05) is 37.3 Å². The number of aromatic nitrogens is 2. The summed E-state index contributed by atoms with van der Waals surface area (Å²) < 4.78 is 5.19. The van der Waals surface area contributed by atoms with E-state index in [-0.39, 0.29) is 0 Å². The molecule has 0 radical (unpaired) electrons. The molecule has 1 aliphatic carbocycles. The van der Waals surface area contributed by atoms with Crippen LogP contribution in [-0.4, -0.2) is 16.7 Å². The molecule has 1 aliphatic rings. The molecule has 4 heteroatoms. The molecule has 1 heterocycles. The topological polar surface area (TPSA) is 64.9 Å². The molecule has 1 saturated carbocycles. The van der Waals surface area contributed by atoms with Gasteiger partial charge in [0.1, 0.15) is 0 Å². The first-order valence-electron chi connectivity index (χ1n) is 6.40. The van der Waals surface area contributed by atoms with Crippen molar-refractivity contribution in [1.82, 2.24) is 10.1 Å². The second-order valence-corrected chi connectivity index (χ2v) is 4.69. The molecule has 2 rings (SSSR count). The smallest absolute Gasteiger partial charge is 0.226 e. The molecule has 90 valence electrons. The number of aryl methyl sites for hydroxylation is 1. The van der Waals surface area contributed by atoms with Crippen LogP contribution in [-0.2, 0) is 12.8 Å². The average Bonchev–Trinajstić information content (AvgIpc) is 2.76. The Hall–Kier alpha value is -0.900. The summed E-state index contributed by atoms with van der Waals surface area (Å²) in [5.41, 5.74) is 5.44. The van der Waals surface area contributed by atoms with Gasteiger partial charge in [-0.2, -0.15) is 4.98 Å². The second kappa shape index (κ2) is 5.99. The molecule has 1 aromatic heterocycles. The van der Waals surface area contributed by atoms with Crippen LogP contribution in [0, 0.1) is 5.92 Å². The lowest BCUT2D eigenvalue weighted by atomic mass is 9.86. The molecule has 0 unspecified atom stereocenters. The van der Waals surface area contributed by atoms with Crippen molar-refractivity contribution in [1.29, 1.82) is 0 Å². The van der Waals surface area contributed by atoms with Crippen LogP contribution in [0.2, 0.25) is 0 Å². The number of hydrogen-bond donors (Lipinski definition) is 1. The van der Waals surface area contributed by atoms with Gasteiger partial charge in [0, 0.05) is 12.8 Å². The third-order valence-electron chi connectivity index (χ3n) is 3.37. The first-order chi connectivity index (χ1) is 7.88. The van der Waals surface area contributed by atoms with Crippen molar-refractivity contribution in [2.75, 3.05) is 6.54 Å². The van der Waals surface area contributed by atoms with Gasteiger partial charge < -0.3 is 10.3 Å². The minimum Gasteiger partial charge on any atom is -0.339 e. The van der Waals surface area contributed by atoms with Gasteiger partial charge in [-0.3, -0.25) is 0 Å². The van der Waals surface area contributed by atoms with E-state index >= 15 is 0 Å². The molecule has 0 bridgehead atoms. The van der Waals surface area contributed by atoms with Crippen LogP contribution in [0.3, 0.4) is 0 Å². The Balaban J connectivity index is 1.75. The molecule has 4 nitrogen and oxygen atoms in total. The highest BCUT2D eigenvalue weighted by molar-refractivity contribution is 4.87. The minimum atomic E-state index is 0.585. The van der Waals surface area contributed by atoms with Crippen LogP contribution in [0.25, 0.3) is 0 Å². The Morgan fingerprint density at radius 1 is 1.19 bits per heavy atom. The molecular weight excluding hydrogens is 202 g/mol. The molecule has 0 spiro atoms. The van der Waals surface area contributed by atoms with Gasteiger partial charge in [-0.15, -0.1) is 0 Å². The molecule has 0 amide bonds. The molecule has 16 heavy (non-hydrogen) atoms. The van der Waals surface area contributed by atoms with Crippen molar-refractivity contribution in [3.8, 4) is 0 Å². The van der Waals surface area contributed by atoms with Gasteiger partial charge in [-0.05, 0) is 18.9 Å². The Labute approximate surface area is 96.6 Å². The fraction of sp³-hybridized carbons (Fsp3) is 0.833. The van der Waals surface area contributed by atoms with Crippen molar-refractivity contribution < 1.29 is 4.52 Å². The van der Waals surface area contributed by atoms with E-state index in [1.165, 1.54) is 38.5 Å². The summed E-state index contributed by atoms with van der Waals surface area (Å²) in [6, 6.07) is 0. The quantitative estimate of drug-likeness (QED) is 0.830. The summed E-state index contributed by atoms with van der Waals surface area (Å²) in [6.07, 6.45) is 9.81. The fourth-order valence-electron chi connectivity index (χ4n) is 2.43. The minimum absolute atomic E-state index is 0.585. The number of nitrogens with zero attached hydrogens (tertiary/aromatic N) is 2. The van der Waals surface area contributed by atoms with E-state index in [1.807, 2.05) is 0 Å². The maximum atomic E-state index is 5.44. The van der Waals surface area contributed by atoms with Gasteiger partial charge in [0.15, 0.2) is 5.82 Å². The van der Waals surface area contributed by atoms with E-state index in [1.54, 1.807) is 0 Å². The monoisotopic (exact) mass is 223 g/mol. The average molecular weight is 223 g/mol. The molecule has 0 atom stereocenters. The van der Waals surface area contributed by atoms with Gasteiger partial charge in [-0.25, -0.2) is 0 Å². The van der Waals surface area contributed by atoms with Crippen LogP contribution in [0.4, 0.5) is 0 Å². The van der Waals surface area contributed by atoms with Crippen molar-refractivity contribution >= 4 is 0 Å². The number of nitrogens with two attached hydrogens (primary N) is 1. The zero-order valence-corrected chi connectivity index (χ0v) is 9.82. The van der Waals surface area contributed by atoms with E-state index in [2.05, 4.69) is 10.1 Å². The molecule has 0 aliphatic heterocycles. The largest absolute Gasteiger partial charge is 0.339 e. The maximum Gasteiger partial charge on any atom is 0.226 e. The van der Waals surface area contributed by atoms with Crippen LogP contribution in [0.5, 0.6) is 0 Å². The summed E-state index contributed by atoms with van der Waals surface area (Å²) in [5, 5.41) is 3.90. The van der Waals surface area contributed by atoms with Crippen molar-refractivity contribution in [3.63, 3.8) is 0 Å². The number of rotatable bonds is 5. The zero-order valence-electron chi connectivity index (χ0n) is 9.82. The molecular formula is C12H21N3O. The van der Waals surface area contributed by atoms with Gasteiger partial charge >= 0.3 is 0 Å². The predicted octanol–water partition coefficient (Wildman–Crippen LogP) is 2.08. The van der Waals surface area contributed by atoms with Gasteiger partial charge in [0.05, 0.1) is 0 Å². The predicted molar refractivity (Wildman–Crippen MR) is 62.0 cm³/mol. The summed E-state index contributed by atoms with van der Waals surface area (Å²) >= 11 is 0. The zero-order chi connectivity index (χ0) is 11.2. The highest BCUT2D eigenvalue weighted by atomic mass is 16.5. The van der Waals surface area contributed by atoms with Crippen LogP contribution < -0.4 is 5.73 Å². The van der Waals surface area contributed by atoms with Crippen molar-refractivity contribution in [3.05, 3.63) is 11.7 Å². The van der Waals surface area contributed by atoms with Crippen LogP contribution in [0.15, 0.2) is 4.52 Å². The SMILES string of the molecule is NCCc1noc(CCC2CCCCC2)n1. The lowest BCUT2D eigenvalue weighted by molar-refractivity contribution is 0.314. The lowest BCUT2D eigenvalue weighted by Crippen LogP contribution is -2.07. The fourth-order valence-corrected chi connectivity index (χ4v) is 2.43. The molecule has 0 saturated heterocycles. The van der Waals surface area contributed by atoms with Crippen LogP contribution in [0.1, 0.15) is 50.2 Å². The second-order valence-electron chi connectivity index (χ2n) is 4.69. The summed E-state index contributed by atoms with van der Waals surface area (Å²) in [4.78, 5) is 4.33. The van der Waals surface area contributed by atoms with Gasteiger partial charge in [0.2, 0.25) is 5.89 Å². The standard InChI is InChI=1S/C12H21N3O/c13-9-8-11-14-12(16-15-11)7-6-10-4-2-1-3-5-10/h10H,1-9,13H2. The lowest BCUT2D eigenvalue weighted by Gasteiger charge is -2.20. The molecule has 2 N–H and O–H groups in total. The van der Waals surface area contributed by atoms with Gasteiger partial charge in [0.25, 0.3) is 0 Å². The van der Waals surface area contributed by atoms with Crippen molar-refractivity contribution in [2.45, 2.75) is 51.4 Å². The van der Waals surface area contributed by atoms with E-state index in [9.17, 15) is 0 Å². The third kappa shape index (κ3) is 3.30. The molecule has 0 aromatic carbocycles. The number of hydrogen-bond acceptors (Lipinski definition) is 4. The summed E-state index contributed by atoms with van der Waals surface area (Å²) in [6.45, 7) is 0.585. The third-order valence-corrected chi connectivity index (χ3v) is 3.37. The molecule has 1 aromatic rings. The first kappa shape index (κ1) is 11.6.